The van der Waals surface area contributed by atoms with E-state index in [1.165, 1.54) is 30.2 Å². The SMILES string of the molecule is CCCC(=O)Nc1cccc(SC(C)C(=O)Nc2scc(-c3ccc(C)cc3)c2C(=O)OC)c1. The van der Waals surface area contributed by atoms with Crippen LogP contribution in [0.2, 0.25) is 0 Å². The van der Waals surface area contributed by atoms with E-state index < -0.39 is 11.2 Å². The number of benzene rings is 2. The van der Waals surface area contributed by atoms with E-state index >= 15 is 0 Å². The van der Waals surface area contributed by atoms with Crippen molar-refractivity contribution in [3.05, 3.63) is 65.0 Å². The number of carbonyl (C=O) groups excluding carboxylic acids is 3. The van der Waals surface area contributed by atoms with Gasteiger partial charge in [0, 0.05) is 27.9 Å². The molecule has 0 aliphatic rings. The summed E-state index contributed by atoms with van der Waals surface area (Å²) < 4.78 is 5.00. The van der Waals surface area contributed by atoms with Crippen LogP contribution in [0.1, 0.15) is 42.6 Å². The van der Waals surface area contributed by atoms with E-state index in [1.54, 1.807) is 6.92 Å². The molecule has 1 aromatic heterocycles. The summed E-state index contributed by atoms with van der Waals surface area (Å²) in [6.07, 6.45) is 1.24. The molecule has 0 radical (unpaired) electrons. The fourth-order valence-corrected chi connectivity index (χ4v) is 5.16. The number of esters is 1. The number of hydrogen-bond acceptors (Lipinski definition) is 6. The lowest BCUT2D eigenvalue weighted by atomic mass is 10.0. The predicted octanol–water partition coefficient (Wildman–Crippen LogP) is 6.37. The fourth-order valence-electron chi connectivity index (χ4n) is 3.27. The largest absolute Gasteiger partial charge is 0.465 e. The molecule has 1 unspecified atom stereocenters. The molecule has 3 aromatic rings. The van der Waals surface area contributed by atoms with Gasteiger partial charge in [0.2, 0.25) is 11.8 Å². The summed E-state index contributed by atoms with van der Waals surface area (Å²) in [5.74, 6) is -0.760. The zero-order valence-electron chi connectivity index (χ0n) is 19.6. The van der Waals surface area contributed by atoms with Gasteiger partial charge in [0.1, 0.15) is 10.6 Å². The molecule has 1 heterocycles. The number of amides is 2. The number of ether oxygens (including phenoxy) is 1. The average Bonchev–Trinajstić information content (AvgIpc) is 3.22. The number of aryl methyl sites for hydroxylation is 1. The highest BCUT2D eigenvalue weighted by Crippen LogP contribution is 2.37. The van der Waals surface area contributed by atoms with Crippen molar-refractivity contribution < 1.29 is 19.1 Å². The van der Waals surface area contributed by atoms with Gasteiger partial charge in [0.05, 0.1) is 12.4 Å². The Kier molecular flexibility index (Phi) is 8.90. The van der Waals surface area contributed by atoms with Gasteiger partial charge in [-0.3, -0.25) is 9.59 Å². The molecule has 0 saturated heterocycles. The minimum Gasteiger partial charge on any atom is -0.465 e. The molecule has 0 aliphatic heterocycles. The average molecular weight is 497 g/mol. The number of hydrogen-bond donors (Lipinski definition) is 2. The standard InChI is InChI=1S/C26H28N2O4S2/c1-5-7-22(29)27-19-8-6-9-20(14-19)34-17(3)24(30)28-25-23(26(31)32-4)21(15-33-25)18-12-10-16(2)11-13-18/h6,8-15,17H,5,7H2,1-4H3,(H,27,29)(H,28,30). The third-order valence-corrected chi connectivity index (χ3v) is 7.05. The maximum atomic E-state index is 13.0. The van der Waals surface area contributed by atoms with Crippen molar-refractivity contribution in [1.82, 2.24) is 0 Å². The van der Waals surface area contributed by atoms with Crippen molar-refractivity contribution in [3.8, 4) is 11.1 Å². The molecule has 2 aromatic carbocycles. The number of anilines is 2. The van der Waals surface area contributed by atoms with Crippen molar-refractivity contribution in [2.24, 2.45) is 0 Å². The number of rotatable bonds is 9. The predicted molar refractivity (Wildman–Crippen MR) is 140 cm³/mol. The Balaban J connectivity index is 1.74. The van der Waals surface area contributed by atoms with Gasteiger partial charge in [0.25, 0.3) is 0 Å². The molecular weight excluding hydrogens is 468 g/mol. The van der Waals surface area contributed by atoms with E-state index in [0.717, 1.165) is 28.0 Å². The smallest absolute Gasteiger partial charge is 0.341 e. The van der Waals surface area contributed by atoms with E-state index in [9.17, 15) is 14.4 Å². The van der Waals surface area contributed by atoms with Crippen LogP contribution in [0.25, 0.3) is 11.1 Å². The van der Waals surface area contributed by atoms with Crippen LogP contribution in [-0.4, -0.2) is 30.1 Å². The van der Waals surface area contributed by atoms with E-state index in [1.807, 2.05) is 67.8 Å². The Morgan fingerprint density at radius 1 is 1.09 bits per heavy atom. The van der Waals surface area contributed by atoms with E-state index in [4.69, 9.17) is 4.74 Å². The number of thioether (sulfide) groups is 1. The first kappa shape index (κ1) is 25.5. The first-order valence-corrected chi connectivity index (χ1v) is 12.7. The van der Waals surface area contributed by atoms with Crippen molar-refractivity contribution in [1.29, 1.82) is 0 Å². The molecule has 0 fully saturated rings. The second-order valence-electron chi connectivity index (χ2n) is 7.79. The van der Waals surface area contributed by atoms with Gasteiger partial charge in [-0.2, -0.15) is 0 Å². The van der Waals surface area contributed by atoms with Crippen LogP contribution in [0.15, 0.2) is 58.8 Å². The minimum absolute atomic E-state index is 0.0344. The van der Waals surface area contributed by atoms with Gasteiger partial charge in [-0.1, -0.05) is 42.8 Å². The Bertz CT molecular complexity index is 1170. The summed E-state index contributed by atoms with van der Waals surface area (Å²) in [4.78, 5) is 38.3. The molecule has 0 saturated carbocycles. The molecule has 6 nitrogen and oxygen atoms in total. The Hall–Kier alpha value is -3.10. The highest BCUT2D eigenvalue weighted by molar-refractivity contribution is 8.00. The van der Waals surface area contributed by atoms with Crippen molar-refractivity contribution in [2.45, 2.75) is 43.8 Å². The highest BCUT2D eigenvalue weighted by Gasteiger charge is 2.24. The lowest BCUT2D eigenvalue weighted by Crippen LogP contribution is -2.23. The zero-order valence-corrected chi connectivity index (χ0v) is 21.3. The number of nitrogens with one attached hydrogen (secondary N) is 2. The third-order valence-electron chi connectivity index (χ3n) is 5.06. The molecule has 1 atom stereocenters. The summed E-state index contributed by atoms with van der Waals surface area (Å²) in [5.41, 5.74) is 3.77. The first-order chi connectivity index (χ1) is 16.3. The topological polar surface area (TPSA) is 84.5 Å². The molecule has 0 bridgehead atoms. The van der Waals surface area contributed by atoms with Crippen LogP contribution in [0.5, 0.6) is 0 Å². The molecule has 178 valence electrons. The zero-order chi connectivity index (χ0) is 24.7. The number of carbonyl (C=O) groups is 3. The first-order valence-electron chi connectivity index (χ1n) is 11.0. The monoisotopic (exact) mass is 496 g/mol. The van der Waals surface area contributed by atoms with Gasteiger partial charge in [0.15, 0.2) is 0 Å². The molecular formula is C26H28N2O4S2. The number of thiophene rings is 1. The fraction of sp³-hybridized carbons (Fsp3) is 0.269. The van der Waals surface area contributed by atoms with Gasteiger partial charge in [-0.05, 0) is 44.0 Å². The molecule has 2 amide bonds. The summed E-state index contributed by atoms with van der Waals surface area (Å²) in [6, 6.07) is 15.3. The van der Waals surface area contributed by atoms with Crippen molar-refractivity contribution in [2.75, 3.05) is 17.7 Å². The van der Waals surface area contributed by atoms with Gasteiger partial charge < -0.3 is 15.4 Å². The molecule has 2 N–H and O–H groups in total. The Morgan fingerprint density at radius 2 is 1.82 bits per heavy atom. The van der Waals surface area contributed by atoms with E-state index in [-0.39, 0.29) is 11.8 Å². The van der Waals surface area contributed by atoms with Gasteiger partial charge in [-0.15, -0.1) is 23.1 Å². The minimum atomic E-state index is -0.497. The summed E-state index contributed by atoms with van der Waals surface area (Å²) >= 11 is 2.67. The summed E-state index contributed by atoms with van der Waals surface area (Å²) in [5, 5.41) is 7.65. The normalized spacial score (nSPS) is 11.5. The second kappa shape index (κ2) is 11.9. The lowest BCUT2D eigenvalue weighted by Gasteiger charge is -2.13. The lowest BCUT2D eigenvalue weighted by molar-refractivity contribution is -0.116. The van der Waals surface area contributed by atoms with Crippen LogP contribution in [0.4, 0.5) is 10.7 Å². The van der Waals surface area contributed by atoms with E-state index in [0.29, 0.717) is 22.7 Å². The van der Waals surface area contributed by atoms with Crippen LogP contribution in [0.3, 0.4) is 0 Å². The van der Waals surface area contributed by atoms with Gasteiger partial charge >= 0.3 is 5.97 Å². The quantitative estimate of drug-likeness (QED) is 0.266. The maximum Gasteiger partial charge on any atom is 0.341 e. The van der Waals surface area contributed by atoms with Crippen LogP contribution >= 0.6 is 23.1 Å². The molecule has 8 heteroatoms. The second-order valence-corrected chi connectivity index (χ2v) is 10.1. The van der Waals surface area contributed by atoms with Crippen LogP contribution in [-0.2, 0) is 14.3 Å². The van der Waals surface area contributed by atoms with E-state index in [2.05, 4.69) is 10.6 Å². The molecule has 34 heavy (non-hydrogen) atoms. The maximum absolute atomic E-state index is 13.0. The molecule has 0 aliphatic carbocycles. The van der Waals surface area contributed by atoms with Crippen LogP contribution < -0.4 is 10.6 Å². The third kappa shape index (κ3) is 6.48. The Morgan fingerprint density at radius 3 is 2.50 bits per heavy atom. The van der Waals surface area contributed by atoms with Gasteiger partial charge in [-0.25, -0.2) is 4.79 Å². The summed E-state index contributed by atoms with van der Waals surface area (Å²) in [7, 11) is 1.33. The van der Waals surface area contributed by atoms with Crippen molar-refractivity contribution >= 4 is 51.6 Å². The molecule has 0 spiro atoms. The highest BCUT2D eigenvalue weighted by atomic mass is 32.2. The van der Waals surface area contributed by atoms with Crippen molar-refractivity contribution in [3.63, 3.8) is 0 Å². The number of methoxy groups -OCH3 is 1. The Labute approximate surface area is 208 Å². The summed E-state index contributed by atoms with van der Waals surface area (Å²) in [6.45, 7) is 5.75. The molecule has 3 rings (SSSR count). The van der Waals surface area contributed by atoms with Crippen LogP contribution in [0, 0.1) is 6.92 Å².